The molecule has 3 heterocycles. The van der Waals surface area contributed by atoms with Crippen LogP contribution in [0.2, 0.25) is 5.02 Å². The smallest absolute Gasteiger partial charge is 0.341 e. The van der Waals surface area contributed by atoms with Crippen LogP contribution in [-0.2, 0) is 11.2 Å². The van der Waals surface area contributed by atoms with Crippen LogP contribution in [0.3, 0.4) is 0 Å². The van der Waals surface area contributed by atoms with E-state index >= 15 is 0 Å². The fourth-order valence-corrected chi connectivity index (χ4v) is 5.77. The summed E-state index contributed by atoms with van der Waals surface area (Å²) in [5.41, 5.74) is -0.880. The summed E-state index contributed by atoms with van der Waals surface area (Å²) >= 11 is 7.79. The van der Waals surface area contributed by atoms with Crippen LogP contribution in [0.4, 0.5) is 18.9 Å². The Balaban J connectivity index is 1.54. The zero-order chi connectivity index (χ0) is 25.9. The molecule has 0 aliphatic carbocycles. The van der Waals surface area contributed by atoms with Crippen LogP contribution in [0.15, 0.2) is 41.9 Å². The monoisotopic (exact) mass is 554 g/mol. The standard InChI is InChI=1S/C25H26ClF3N4OS2/c1-16(2)12-18-13-17(7-8-30-18)24-31-22(15-35-24)20-6-5-19(14-21(20)26)33(36-25(27,28)29)11-10-32-9-3-4-23(32)34/h5-8,13-16H,3-4,9-12H2,1-2H3. The third-order valence-electron chi connectivity index (χ3n) is 5.66. The molecule has 1 aliphatic heterocycles. The molecule has 1 amide bonds. The number of rotatable bonds is 9. The highest BCUT2D eigenvalue weighted by atomic mass is 35.5. The average Bonchev–Trinajstić information content (AvgIpc) is 3.45. The predicted octanol–water partition coefficient (Wildman–Crippen LogP) is 7.32. The molecule has 1 saturated heterocycles. The first kappa shape index (κ1) is 26.8. The zero-order valence-electron chi connectivity index (χ0n) is 19.9. The average molecular weight is 555 g/mol. The summed E-state index contributed by atoms with van der Waals surface area (Å²) in [5, 5.41) is 3.02. The Labute approximate surface area is 221 Å². The van der Waals surface area contributed by atoms with Crippen molar-refractivity contribution in [2.45, 2.75) is 38.6 Å². The number of hydrogen-bond acceptors (Lipinski definition) is 6. The van der Waals surface area contributed by atoms with Crippen LogP contribution in [0.1, 0.15) is 32.4 Å². The SMILES string of the molecule is CC(C)Cc1cc(-c2nc(-c3ccc(N(CCN4CCCC4=O)SC(F)(F)F)cc3Cl)cs2)ccn1. The third-order valence-corrected chi connectivity index (χ3v) is 7.68. The van der Waals surface area contributed by atoms with E-state index in [9.17, 15) is 18.0 Å². The van der Waals surface area contributed by atoms with Crippen molar-refractivity contribution in [3.8, 4) is 21.8 Å². The van der Waals surface area contributed by atoms with E-state index in [1.54, 1.807) is 23.2 Å². The van der Waals surface area contributed by atoms with Crippen molar-refractivity contribution in [2.24, 2.45) is 5.92 Å². The lowest BCUT2D eigenvalue weighted by Gasteiger charge is -2.27. The number of likely N-dealkylation sites (tertiary alicyclic amines) is 1. The van der Waals surface area contributed by atoms with E-state index in [2.05, 4.69) is 18.8 Å². The molecule has 0 bridgehead atoms. The highest BCUT2D eigenvalue weighted by Crippen LogP contribution is 2.40. The number of carbonyl (C=O) groups excluding carboxylic acids is 1. The second kappa shape index (κ2) is 11.4. The van der Waals surface area contributed by atoms with Gasteiger partial charge in [0.15, 0.2) is 0 Å². The van der Waals surface area contributed by atoms with Gasteiger partial charge in [0.2, 0.25) is 5.91 Å². The van der Waals surface area contributed by atoms with Gasteiger partial charge >= 0.3 is 5.51 Å². The lowest BCUT2D eigenvalue weighted by molar-refractivity contribution is -0.127. The van der Waals surface area contributed by atoms with E-state index in [0.717, 1.165) is 33.4 Å². The topological polar surface area (TPSA) is 49.3 Å². The van der Waals surface area contributed by atoms with Crippen molar-refractivity contribution in [1.29, 1.82) is 0 Å². The number of thiazole rings is 1. The first-order chi connectivity index (χ1) is 17.1. The molecule has 0 saturated carbocycles. The van der Waals surface area contributed by atoms with E-state index in [1.165, 1.54) is 17.4 Å². The van der Waals surface area contributed by atoms with E-state index < -0.39 is 5.51 Å². The van der Waals surface area contributed by atoms with Crippen molar-refractivity contribution >= 4 is 46.5 Å². The first-order valence-electron chi connectivity index (χ1n) is 11.6. The van der Waals surface area contributed by atoms with Gasteiger partial charge in [-0.15, -0.1) is 11.3 Å². The maximum absolute atomic E-state index is 13.3. The zero-order valence-corrected chi connectivity index (χ0v) is 22.3. The molecule has 3 aromatic rings. The Bertz CT molecular complexity index is 1220. The van der Waals surface area contributed by atoms with Gasteiger partial charge in [0.1, 0.15) is 5.01 Å². The molecule has 0 radical (unpaired) electrons. The number of anilines is 1. The van der Waals surface area contributed by atoms with Gasteiger partial charge in [0.25, 0.3) is 0 Å². The summed E-state index contributed by atoms with van der Waals surface area (Å²) in [6.07, 6.45) is 3.83. The lowest BCUT2D eigenvalue weighted by atomic mass is 10.1. The van der Waals surface area contributed by atoms with Crippen molar-refractivity contribution in [1.82, 2.24) is 14.9 Å². The molecule has 0 unspecified atom stereocenters. The number of alkyl halides is 3. The second-order valence-corrected chi connectivity index (χ2v) is 11.3. The highest BCUT2D eigenvalue weighted by Gasteiger charge is 2.34. The summed E-state index contributed by atoms with van der Waals surface area (Å²) in [5.74, 6) is 0.466. The molecule has 2 aromatic heterocycles. The molecule has 11 heteroatoms. The number of hydrogen-bond donors (Lipinski definition) is 0. The Kier molecular flexibility index (Phi) is 8.47. The fraction of sp³-hybridized carbons (Fsp3) is 0.400. The van der Waals surface area contributed by atoms with Gasteiger partial charge in [0, 0.05) is 60.1 Å². The minimum Gasteiger partial charge on any atom is -0.341 e. The van der Waals surface area contributed by atoms with E-state index in [1.807, 2.05) is 17.5 Å². The molecule has 192 valence electrons. The van der Waals surface area contributed by atoms with Crippen LogP contribution in [0, 0.1) is 5.92 Å². The number of amides is 1. The highest BCUT2D eigenvalue weighted by molar-refractivity contribution is 8.01. The molecule has 4 rings (SSSR count). The van der Waals surface area contributed by atoms with Gasteiger partial charge in [-0.25, -0.2) is 4.98 Å². The minimum absolute atomic E-state index is 0.0230. The van der Waals surface area contributed by atoms with Crippen LogP contribution in [0.25, 0.3) is 21.8 Å². The van der Waals surface area contributed by atoms with E-state index in [4.69, 9.17) is 16.6 Å². The van der Waals surface area contributed by atoms with Crippen LogP contribution >= 0.6 is 34.9 Å². The van der Waals surface area contributed by atoms with Gasteiger partial charge in [-0.2, -0.15) is 13.2 Å². The minimum atomic E-state index is -4.47. The van der Waals surface area contributed by atoms with Crippen molar-refractivity contribution in [3.05, 3.63) is 52.6 Å². The number of nitrogens with zero attached hydrogens (tertiary/aromatic N) is 4. The van der Waals surface area contributed by atoms with Crippen LogP contribution in [-0.4, -0.2) is 45.9 Å². The molecule has 1 fully saturated rings. The number of benzene rings is 1. The van der Waals surface area contributed by atoms with E-state index in [0.29, 0.717) is 40.9 Å². The van der Waals surface area contributed by atoms with Gasteiger partial charge in [-0.1, -0.05) is 25.4 Å². The third kappa shape index (κ3) is 6.92. The molecule has 0 spiro atoms. The Morgan fingerprint density at radius 2 is 2.06 bits per heavy atom. The van der Waals surface area contributed by atoms with Crippen LogP contribution < -0.4 is 4.31 Å². The first-order valence-corrected chi connectivity index (χ1v) is 13.6. The second-order valence-electron chi connectivity index (χ2n) is 8.96. The fourth-order valence-electron chi connectivity index (χ4n) is 4.04. The molecule has 36 heavy (non-hydrogen) atoms. The molecule has 0 N–H and O–H groups in total. The summed E-state index contributed by atoms with van der Waals surface area (Å²) < 4.78 is 41.0. The van der Waals surface area contributed by atoms with E-state index in [-0.39, 0.29) is 30.9 Å². The maximum Gasteiger partial charge on any atom is 0.461 e. The molecular weight excluding hydrogens is 529 g/mol. The number of aromatic nitrogens is 2. The largest absolute Gasteiger partial charge is 0.461 e. The molecule has 0 atom stereocenters. The normalized spacial score (nSPS) is 14.2. The molecule has 5 nitrogen and oxygen atoms in total. The molecule has 1 aromatic carbocycles. The lowest BCUT2D eigenvalue weighted by Crippen LogP contribution is -2.34. The maximum atomic E-state index is 13.3. The number of pyridine rings is 1. The summed E-state index contributed by atoms with van der Waals surface area (Å²) in [6, 6.07) is 8.77. The van der Waals surface area contributed by atoms with Crippen molar-refractivity contribution in [3.63, 3.8) is 0 Å². The Morgan fingerprint density at radius 3 is 2.72 bits per heavy atom. The van der Waals surface area contributed by atoms with Gasteiger partial charge in [0.05, 0.1) is 22.7 Å². The number of halogens is 4. The summed E-state index contributed by atoms with van der Waals surface area (Å²) in [7, 11) is 0. The Hall–Kier alpha value is -2.30. The van der Waals surface area contributed by atoms with Crippen molar-refractivity contribution < 1.29 is 18.0 Å². The Morgan fingerprint density at radius 1 is 1.25 bits per heavy atom. The van der Waals surface area contributed by atoms with Gasteiger partial charge in [-0.05, 0) is 49.1 Å². The van der Waals surface area contributed by atoms with Gasteiger partial charge in [-0.3, -0.25) is 9.78 Å². The summed E-state index contributed by atoms with van der Waals surface area (Å²) in [4.78, 5) is 22.6. The quantitative estimate of drug-likeness (QED) is 0.259. The molecule has 1 aliphatic rings. The van der Waals surface area contributed by atoms with Gasteiger partial charge < -0.3 is 9.21 Å². The summed E-state index contributed by atoms with van der Waals surface area (Å²) in [6.45, 7) is 5.11. The van der Waals surface area contributed by atoms with Crippen LogP contribution in [0.5, 0.6) is 0 Å². The molecular formula is C25H26ClF3N4OS2. The van der Waals surface area contributed by atoms with Crippen molar-refractivity contribution in [2.75, 3.05) is 23.9 Å². The number of carbonyl (C=O) groups is 1. The predicted molar refractivity (Wildman–Crippen MR) is 141 cm³/mol.